The molecule has 0 heterocycles. The molecule has 3 aliphatic rings. The predicted molar refractivity (Wildman–Crippen MR) is 162 cm³/mol. The van der Waals surface area contributed by atoms with Crippen LogP contribution in [0.3, 0.4) is 0 Å². The fourth-order valence-electron chi connectivity index (χ4n) is 5.92. The van der Waals surface area contributed by atoms with Gasteiger partial charge >= 0.3 is 11.9 Å². The number of hydrogen-bond acceptors (Lipinski definition) is 6. The van der Waals surface area contributed by atoms with Gasteiger partial charge in [0.05, 0.1) is 11.1 Å². The molecule has 3 atom stereocenters. The number of unbranched alkanes of at least 4 members (excludes halogenated alkanes) is 2. The van der Waals surface area contributed by atoms with Crippen molar-refractivity contribution in [1.82, 2.24) is 0 Å². The largest absolute Gasteiger partial charge is 0.454 e. The van der Waals surface area contributed by atoms with Crippen molar-refractivity contribution in [3.8, 4) is 0 Å². The monoisotopic (exact) mass is 552 g/mol. The van der Waals surface area contributed by atoms with E-state index in [-0.39, 0.29) is 22.8 Å². The van der Waals surface area contributed by atoms with E-state index in [1.807, 2.05) is 48.5 Å². The van der Waals surface area contributed by atoms with Crippen LogP contribution in [0.1, 0.15) is 92.9 Å². The van der Waals surface area contributed by atoms with E-state index in [4.69, 9.17) is 9.47 Å². The molecule has 0 radical (unpaired) electrons. The summed E-state index contributed by atoms with van der Waals surface area (Å²) < 4.78 is 12.5. The molecule has 0 spiro atoms. The molecule has 0 aromatic heterocycles. The van der Waals surface area contributed by atoms with Crippen LogP contribution in [0.15, 0.2) is 48.5 Å². The third-order valence-corrected chi connectivity index (χ3v) is 9.60. The zero-order valence-corrected chi connectivity index (χ0v) is 24.9. The van der Waals surface area contributed by atoms with Crippen LogP contribution in [0.5, 0.6) is 0 Å². The Morgan fingerprint density at radius 3 is 1.62 bits per heavy atom. The minimum atomic E-state index is -0.491. The van der Waals surface area contributed by atoms with E-state index in [0.29, 0.717) is 11.1 Å². The maximum absolute atomic E-state index is 13.4. The van der Waals surface area contributed by atoms with Crippen molar-refractivity contribution in [2.75, 3.05) is 29.9 Å². The second-order valence-corrected chi connectivity index (χ2v) is 12.0. The molecular weight excluding hydrogens is 507 g/mol. The highest BCUT2D eigenvalue weighted by Crippen LogP contribution is 2.59. The molecule has 6 nitrogen and oxygen atoms in total. The van der Waals surface area contributed by atoms with Gasteiger partial charge in [0, 0.05) is 35.3 Å². The van der Waals surface area contributed by atoms with E-state index in [1.165, 1.54) is 0 Å². The summed E-state index contributed by atoms with van der Waals surface area (Å²) in [5.74, 6) is -0.728. The van der Waals surface area contributed by atoms with Crippen molar-refractivity contribution in [2.24, 2.45) is 10.8 Å². The summed E-state index contributed by atoms with van der Waals surface area (Å²) in [6, 6.07) is 14.9. The van der Waals surface area contributed by atoms with Gasteiger partial charge in [0.2, 0.25) is 0 Å². The van der Waals surface area contributed by atoms with E-state index >= 15 is 0 Å². The first-order valence-electron chi connectivity index (χ1n) is 14.6. The maximum atomic E-state index is 13.4. The Balaban J connectivity index is 1.49. The fraction of sp³-hybridized carbons (Fsp3) is 0.562. The molecule has 3 unspecified atom stereocenters. The highest BCUT2D eigenvalue weighted by Gasteiger charge is 2.61. The smallest absolute Gasteiger partial charge is 0.338 e. The van der Waals surface area contributed by atoms with Crippen molar-refractivity contribution in [1.29, 1.82) is 0 Å². The number of esters is 2. The first-order valence-corrected chi connectivity index (χ1v) is 15.5. The Morgan fingerprint density at radius 2 is 1.21 bits per heavy atom. The van der Waals surface area contributed by atoms with Gasteiger partial charge in [-0.25, -0.2) is 9.59 Å². The number of benzene rings is 2. The highest BCUT2D eigenvalue weighted by molar-refractivity contribution is 7.16. The number of hydrogen-bond donors (Lipinski definition) is 2. The number of carbonyl (C=O) groups is 2. The van der Waals surface area contributed by atoms with E-state index in [2.05, 4.69) is 40.6 Å². The molecule has 0 saturated heterocycles. The molecule has 39 heavy (non-hydrogen) atoms. The second-order valence-electron chi connectivity index (χ2n) is 11.6. The third-order valence-electron chi connectivity index (χ3n) is 8.79. The Morgan fingerprint density at radius 1 is 0.769 bits per heavy atom. The maximum Gasteiger partial charge on any atom is 0.338 e. The van der Waals surface area contributed by atoms with Crippen LogP contribution in [0.25, 0.3) is 0 Å². The number of carbonyl (C=O) groups excluding carboxylic acids is 2. The zero-order chi connectivity index (χ0) is 27.9. The van der Waals surface area contributed by atoms with Crippen LogP contribution in [0.2, 0.25) is 0 Å². The van der Waals surface area contributed by atoms with Crippen molar-refractivity contribution >= 4 is 32.6 Å². The standard InChI is InChI=1S/C32H45N2O4P/c1-4-6-20-33-25-12-8-23(9-13-25)29(35)37-27-28(32(22-39)18-16-31(27,3)17-19-32)38-30(36)24-10-14-26(15-11-24)34-21-7-5-2/h8-15,27-28,33-34H,4-7,16-22,39H2,1-3H3. The Bertz CT molecular complexity index is 1090. The number of rotatable bonds is 13. The van der Waals surface area contributed by atoms with Crippen LogP contribution in [0, 0.1) is 10.8 Å². The summed E-state index contributed by atoms with van der Waals surface area (Å²) in [6.07, 6.45) is 8.08. The van der Waals surface area contributed by atoms with E-state index < -0.39 is 12.2 Å². The van der Waals surface area contributed by atoms with Gasteiger partial charge in [0.25, 0.3) is 0 Å². The summed E-state index contributed by atoms with van der Waals surface area (Å²) in [5.41, 5.74) is 2.57. The van der Waals surface area contributed by atoms with Crippen molar-refractivity contribution in [3.05, 3.63) is 59.7 Å². The van der Waals surface area contributed by atoms with E-state index in [9.17, 15) is 9.59 Å². The first kappa shape index (κ1) is 29.4. The van der Waals surface area contributed by atoms with Gasteiger partial charge in [-0.05, 0) is 93.2 Å². The summed E-state index contributed by atoms with van der Waals surface area (Å²) in [6.45, 7) is 8.31. The zero-order valence-electron chi connectivity index (χ0n) is 23.8. The van der Waals surface area contributed by atoms with Crippen molar-refractivity contribution in [2.45, 2.75) is 84.3 Å². The average Bonchev–Trinajstić information content (AvgIpc) is 2.96. The van der Waals surface area contributed by atoms with Gasteiger partial charge in [-0.3, -0.25) is 0 Å². The second kappa shape index (κ2) is 13.2. The molecule has 2 aromatic carbocycles. The third kappa shape index (κ3) is 6.77. The highest BCUT2D eigenvalue weighted by atomic mass is 31.0. The lowest BCUT2D eigenvalue weighted by Crippen LogP contribution is -2.63. The first-order chi connectivity index (χ1) is 18.8. The number of anilines is 2. The van der Waals surface area contributed by atoms with Crippen LogP contribution in [0.4, 0.5) is 11.4 Å². The van der Waals surface area contributed by atoms with Gasteiger partial charge in [-0.2, -0.15) is 0 Å². The lowest BCUT2D eigenvalue weighted by molar-refractivity contribution is -0.190. The lowest BCUT2D eigenvalue weighted by Gasteiger charge is -2.59. The van der Waals surface area contributed by atoms with Gasteiger partial charge in [0.15, 0.2) is 0 Å². The van der Waals surface area contributed by atoms with Gasteiger partial charge < -0.3 is 20.1 Å². The molecule has 2 N–H and O–H groups in total. The minimum absolute atomic E-state index is 0.211. The lowest BCUT2D eigenvalue weighted by atomic mass is 9.52. The summed E-state index contributed by atoms with van der Waals surface area (Å²) in [7, 11) is 2.86. The number of nitrogens with one attached hydrogen (secondary N) is 2. The van der Waals surface area contributed by atoms with Gasteiger partial charge in [-0.1, -0.05) is 33.6 Å². The van der Waals surface area contributed by atoms with Crippen molar-refractivity contribution in [3.63, 3.8) is 0 Å². The average molecular weight is 553 g/mol. The number of ether oxygens (including phenoxy) is 2. The van der Waals surface area contributed by atoms with Crippen molar-refractivity contribution < 1.29 is 19.1 Å². The molecule has 2 aromatic rings. The van der Waals surface area contributed by atoms with Crippen LogP contribution in [-0.4, -0.2) is 43.4 Å². The molecule has 7 heteroatoms. The molecule has 0 amide bonds. The molecule has 3 fully saturated rings. The summed E-state index contributed by atoms with van der Waals surface area (Å²) in [5, 5.41) is 6.76. The molecule has 2 bridgehead atoms. The molecular formula is C32H45N2O4P. The van der Waals surface area contributed by atoms with Gasteiger partial charge in [-0.15, -0.1) is 9.24 Å². The molecule has 0 aliphatic heterocycles. The van der Waals surface area contributed by atoms with Gasteiger partial charge in [0.1, 0.15) is 12.2 Å². The van der Waals surface area contributed by atoms with Crippen LogP contribution in [-0.2, 0) is 9.47 Å². The topological polar surface area (TPSA) is 76.7 Å². The van der Waals surface area contributed by atoms with E-state index in [0.717, 1.165) is 82.0 Å². The number of fused-ring (bicyclic) bond motifs is 3. The SMILES string of the molecule is CCCCNc1ccc(C(=O)OC2C(OC(=O)c3ccc(NCCCC)cc3)C3(CP)CCC2(C)CC3)cc1. The fourth-order valence-corrected chi connectivity index (χ4v) is 6.56. The summed E-state index contributed by atoms with van der Waals surface area (Å²) >= 11 is 0. The Hall–Kier alpha value is -2.59. The van der Waals surface area contributed by atoms with Crippen LogP contribution < -0.4 is 10.6 Å². The van der Waals surface area contributed by atoms with E-state index in [1.54, 1.807) is 0 Å². The normalized spacial score (nSPS) is 25.6. The molecule has 3 saturated carbocycles. The summed E-state index contributed by atoms with van der Waals surface area (Å²) in [4.78, 5) is 26.7. The molecule has 212 valence electrons. The molecule has 5 rings (SSSR count). The Kier molecular flexibility index (Phi) is 9.93. The minimum Gasteiger partial charge on any atom is -0.454 e. The van der Waals surface area contributed by atoms with Crippen LogP contribution >= 0.6 is 9.24 Å². The Labute approximate surface area is 236 Å². The quantitative estimate of drug-likeness (QED) is 0.154. The predicted octanol–water partition coefficient (Wildman–Crippen LogP) is 7.32. The molecule has 3 aliphatic carbocycles.